The van der Waals surface area contributed by atoms with Crippen LogP contribution < -0.4 is 5.73 Å². The van der Waals surface area contributed by atoms with Gasteiger partial charge in [0.2, 0.25) is 11.8 Å². The zero-order valence-corrected chi connectivity index (χ0v) is 9.67. The van der Waals surface area contributed by atoms with E-state index in [4.69, 9.17) is 5.73 Å². The Morgan fingerprint density at radius 2 is 2.29 bits per heavy atom. The lowest BCUT2D eigenvalue weighted by Crippen LogP contribution is -2.29. The van der Waals surface area contributed by atoms with E-state index >= 15 is 0 Å². The zero-order valence-electron chi connectivity index (χ0n) is 9.67. The fourth-order valence-electron chi connectivity index (χ4n) is 1.83. The molecular formula is C10H15N5O2. The number of rotatable bonds is 4. The smallest absolute Gasteiger partial charge is 0.232 e. The van der Waals surface area contributed by atoms with Gasteiger partial charge in [-0.15, -0.1) is 5.10 Å². The Hall–Kier alpha value is -1.76. The molecule has 2 heterocycles. The number of aromatic nitrogens is 3. The van der Waals surface area contributed by atoms with Gasteiger partial charge in [-0.25, -0.2) is 0 Å². The Balaban J connectivity index is 2.05. The van der Waals surface area contributed by atoms with Crippen LogP contribution in [-0.2, 0) is 22.7 Å². The fourth-order valence-corrected chi connectivity index (χ4v) is 1.83. The van der Waals surface area contributed by atoms with Gasteiger partial charge < -0.3 is 5.73 Å². The summed E-state index contributed by atoms with van der Waals surface area (Å²) in [6, 6.07) is 0. The number of nitrogens with two attached hydrogens (primary N) is 1. The van der Waals surface area contributed by atoms with Crippen LogP contribution in [0.4, 0.5) is 0 Å². The first-order valence-corrected chi connectivity index (χ1v) is 5.55. The van der Waals surface area contributed by atoms with E-state index in [1.807, 2.05) is 0 Å². The predicted molar refractivity (Wildman–Crippen MR) is 58.4 cm³/mol. The molecule has 0 bridgehead atoms. The Morgan fingerprint density at radius 3 is 2.88 bits per heavy atom. The maximum Gasteiger partial charge on any atom is 0.232 e. The van der Waals surface area contributed by atoms with Crippen molar-refractivity contribution < 1.29 is 9.59 Å². The monoisotopic (exact) mass is 237 g/mol. The van der Waals surface area contributed by atoms with E-state index in [2.05, 4.69) is 10.3 Å². The molecule has 7 heteroatoms. The third-order valence-corrected chi connectivity index (χ3v) is 2.73. The van der Waals surface area contributed by atoms with Crippen molar-refractivity contribution >= 4 is 11.8 Å². The minimum Gasteiger partial charge on any atom is -0.329 e. The van der Waals surface area contributed by atoms with Gasteiger partial charge in [0.25, 0.3) is 0 Å². The highest BCUT2D eigenvalue weighted by Crippen LogP contribution is 2.20. The highest BCUT2D eigenvalue weighted by Gasteiger charge is 2.35. The molecule has 1 aliphatic heterocycles. The van der Waals surface area contributed by atoms with E-state index in [-0.39, 0.29) is 30.7 Å². The molecule has 0 aliphatic carbocycles. The van der Waals surface area contributed by atoms with Crippen LogP contribution in [0.5, 0.6) is 0 Å². The average molecular weight is 237 g/mol. The van der Waals surface area contributed by atoms with Crippen LogP contribution in [0.1, 0.15) is 19.0 Å². The summed E-state index contributed by atoms with van der Waals surface area (Å²) in [5.74, 6) is -0.499. The van der Waals surface area contributed by atoms with E-state index in [0.717, 1.165) is 0 Å². The van der Waals surface area contributed by atoms with Crippen LogP contribution in [0.2, 0.25) is 0 Å². The fraction of sp³-hybridized carbons (Fsp3) is 0.600. The van der Waals surface area contributed by atoms with Crippen molar-refractivity contribution in [2.45, 2.75) is 26.4 Å². The van der Waals surface area contributed by atoms with Crippen molar-refractivity contribution in [1.29, 1.82) is 0 Å². The SMILES string of the molecule is CC1CC(=O)N(Cc2cn(CCN)nn2)C1=O. The summed E-state index contributed by atoms with van der Waals surface area (Å²) in [5.41, 5.74) is 5.99. The van der Waals surface area contributed by atoms with Crippen molar-refractivity contribution in [3.8, 4) is 0 Å². The zero-order chi connectivity index (χ0) is 12.4. The lowest BCUT2D eigenvalue weighted by molar-refractivity contribution is -0.139. The van der Waals surface area contributed by atoms with Gasteiger partial charge in [0.15, 0.2) is 0 Å². The quantitative estimate of drug-likeness (QED) is 0.687. The van der Waals surface area contributed by atoms with Crippen LogP contribution in [0, 0.1) is 5.92 Å². The second kappa shape index (κ2) is 4.62. The van der Waals surface area contributed by atoms with Gasteiger partial charge in [0, 0.05) is 18.9 Å². The molecule has 1 aromatic heterocycles. The molecule has 0 saturated carbocycles. The average Bonchev–Trinajstić information content (AvgIpc) is 2.81. The van der Waals surface area contributed by atoms with Crippen LogP contribution in [-0.4, -0.2) is 38.3 Å². The maximum atomic E-state index is 11.7. The Morgan fingerprint density at radius 1 is 1.53 bits per heavy atom. The molecule has 0 aromatic carbocycles. The molecule has 1 saturated heterocycles. The van der Waals surface area contributed by atoms with Crippen LogP contribution in [0.25, 0.3) is 0 Å². The number of likely N-dealkylation sites (tertiary alicyclic amines) is 1. The molecule has 1 aromatic rings. The van der Waals surface area contributed by atoms with Gasteiger partial charge in [-0.1, -0.05) is 12.1 Å². The van der Waals surface area contributed by atoms with E-state index in [9.17, 15) is 9.59 Å². The summed E-state index contributed by atoms with van der Waals surface area (Å²) >= 11 is 0. The third-order valence-electron chi connectivity index (χ3n) is 2.73. The van der Waals surface area contributed by atoms with Crippen LogP contribution >= 0.6 is 0 Å². The van der Waals surface area contributed by atoms with Crippen molar-refractivity contribution in [3.05, 3.63) is 11.9 Å². The van der Waals surface area contributed by atoms with Crippen molar-refractivity contribution in [3.63, 3.8) is 0 Å². The maximum absolute atomic E-state index is 11.7. The Bertz CT molecular complexity index is 442. The molecule has 1 atom stereocenters. The lowest BCUT2D eigenvalue weighted by atomic mass is 10.1. The number of nitrogens with zero attached hydrogens (tertiary/aromatic N) is 4. The first kappa shape index (κ1) is 11.7. The van der Waals surface area contributed by atoms with Crippen LogP contribution in [0.15, 0.2) is 6.20 Å². The Kier molecular flexibility index (Phi) is 3.19. The number of hydrogen-bond donors (Lipinski definition) is 1. The first-order chi connectivity index (χ1) is 8.11. The van der Waals surface area contributed by atoms with Crippen LogP contribution in [0.3, 0.4) is 0 Å². The van der Waals surface area contributed by atoms with Gasteiger partial charge in [0.1, 0.15) is 5.69 Å². The summed E-state index contributed by atoms with van der Waals surface area (Å²) < 4.78 is 1.60. The molecule has 0 spiro atoms. The number of imide groups is 1. The molecule has 2 N–H and O–H groups in total. The summed E-state index contributed by atoms with van der Waals surface area (Å²) in [5, 5.41) is 7.76. The first-order valence-electron chi connectivity index (χ1n) is 5.55. The molecule has 1 fully saturated rings. The van der Waals surface area contributed by atoms with Gasteiger partial charge in [-0.3, -0.25) is 19.2 Å². The summed E-state index contributed by atoms with van der Waals surface area (Å²) in [6.45, 7) is 3.00. The van der Waals surface area contributed by atoms with Crippen molar-refractivity contribution in [2.75, 3.05) is 6.54 Å². The molecule has 1 aliphatic rings. The van der Waals surface area contributed by atoms with Gasteiger partial charge in [0.05, 0.1) is 19.3 Å². The van der Waals surface area contributed by atoms with Crippen molar-refractivity contribution in [2.24, 2.45) is 11.7 Å². The molecule has 1 unspecified atom stereocenters. The van der Waals surface area contributed by atoms with E-state index < -0.39 is 0 Å². The second-order valence-corrected chi connectivity index (χ2v) is 4.18. The Labute approximate surface area is 98.6 Å². The van der Waals surface area contributed by atoms with Gasteiger partial charge in [-0.2, -0.15) is 0 Å². The molecule has 7 nitrogen and oxygen atoms in total. The standard InChI is InChI=1S/C10H15N5O2/c1-7-4-9(16)15(10(7)17)6-8-5-14(3-2-11)13-12-8/h5,7H,2-4,6,11H2,1H3. The van der Waals surface area contributed by atoms with E-state index in [1.54, 1.807) is 17.8 Å². The van der Waals surface area contributed by atoms with Gasteiger partial charge in [-0.05, 0) is 0 Å². The number of carbonyl (C=O) groups is 2. The minimum atomic E-state index is -0.221. The largest absolute Gasteiger partial charge is 0.329 e. The highest BCUT2D eigenvalue weighted by molar-refractivity contribution is 6.03. The summed E-state index contributed by atoms with van der Waals surface area (Å²) in [7, 11) is 0. The number of hydrogen-bond acceptors (Lipinski definition) is 5. The second-order valence-electron chi connectivity index (χ2n) is 4.18. The normalized spacial score (nSPS) is 20.4. The molecule has 2 rings (SSSR count). The number of carbonyl (C=O) groups excluding carboxylic acids is 2. The molecule has 2 amide bonds. The molecule has 92 valence electrons. The summed E-state index contributed by atoms with van der Waals surface area (Å²) in [6.07, 6.45) is 1.99. The topological polar surface area (TPSA) is 94.1 Å². The summed E-state index contributed by atoms with van der Waals surface area (Å²) in [4.78, 5) is 24.5. The van der Waals surface area contributed by atoms with Gasteiger partial charge >= 0.3 is 0 Å². The molecule has 0 radical (unpaired) electrons. The third kappa shape index (κ3) is 2.33. The minimum absolute atomic E-state index is 0.136. The molecule has 17 heavy (non-hydrogen) atoms. The van der Waals surface area contributed by atoms with E-state index in [1.165, 1.54) is 4.90 Å². The molecular weight excluding hydrogens is 222 g/mol. The predicted octanol–water partition coefficient (Wildman–Crippen LogP) is -0.868. The highest BCUT2D eigenvalue weighted by atomic mass is 16.2. The lowest BCUT2D eigenvalue weighted by Gasteiger charge is -2.11. The van der Waals surface area contributed by atoms with E-state index in [0.29, 0.717) is 18.8 Å². The van der Waals surface area contributed by atoms with Crippen molar-refractivity contribution in [1.82, 2.24) is 19.9 Å². The number of amides is 2.